The Morgan fingerprint density at radius 2 is 2.29 bits per heavy atom. The van der Waals surface area contributed by atoms with Crippen LogP contribution >= 0.6 is 0 Å². The van der Waals surface area contributed by atoms with Crippen LogP contribution in [0, 0.1) is 11.8 Å². The number of nitrogens with two attached hydrogens (primary N) is 1. The third-order valence-electron chi connectivity index (χ3n) is 4.78. The van der Waals surface area contributed by atoms with Gasteiger partial charge in [-0.15, -0.1) is 0 Å². The SMILES string of the molecule is CC(C)CCn1c(CNC(=O)[C@@H]2CC[C@H](N)C2)nc2cccnc21. The van der Waals surface area contributed by atoms with Crippen molar-refractivity contribution in [3.8, 4) is 0 Å². The quantitative estimate of drug-likeness (QED) is 0.851. The molecule has 1 aliphatic rings. The van der Waals surface area contributed by atoms with Gasteiger partial charge >= 0.3 is 0 Å². The molecule has 0 aromatic carbocycles. The average molecular weight is 329 g/mol. The van der Waals surface area contributed by atoms with Gasteiger partial charge in [0.15, 0.2) is 5.65 Å². The van der Waals surface area contributed by atoms with Crippen molar-refractivity contribution in [2.75, 3.05) is 0 Å². The predicted octanol–water partition coefficient (Wildman–Crippen LogP) is 2.22. The number of imidazole rings is 1. The molecular formula is C18H27N5O. The third kappa shape index (κ3) is 3.75. The first-order valence-electron chi connectivity index (χ1n) is 8.88. The number of aryl methyl sites for hydroxylation is 1. The molecule has 6 heteroatoms. The Morgan fingerprint density at radius 3 is 3.00 bits per heavy atom. The Balaban J connectivity index is 1.73. The van der Waals surface area contributed by atoms with Crippen molar-refractivity contribution in [3.63, 3.8) is 0 Å². The number of amides is 1. The first-order chi connectivity index (χ1) is 11.5. The zero-order chi connectivity index (χ0) is 17.1. The number of hydrogen-bond donors (Lipinski definition) is 2. The summed E-state index contributed by atoms with van der Waals surface area (Å²) in [4.78, 5) is 21.5. The summed E-state index contributed by atoms with van der Waals surface area (Å²) in [6.45, 7) is 5.72. The van der Waals surface area contributed by atoms with E-state index < -0.39 is 0 Å². The summed E-state index contributed by atoms with van der Waals surface area (Å²) in [5.74, 6) is 1.62. The number of rotatable bonds is 6. The predicted molar refractivity (Wildman–Crippen MR) is 94.1 cm³/mol. The molecule has 24 heavy (non-hydrogen) atoms. The summed E-state index contributed by atoms with van der Waals surface area (Å²) >= 11 is 0. The molecule has 1 aliphatic carbocycles. The van der Waals surface area contributed by atoms with Crippen molar-refractivity contribution in [1.82, 2.24) is 19.9 Å². The topological polar surface area (TPSA) is 85.8 Å². The van der Waals surface area contributed by atoms with Crippen LogP contribution in [0.4, 0.5) is 0 Å². The molecule has 0 spiro atoms. The zero-order valence-electron chi connectivity index (χ0n) is 14.5. The van der Waals surface area contributed by atoms with Crippen LogP contribution in [0.3, 0.4) is 0 Å². The first-order valence-corrected chi connectivity index (χ1v) is 8.88. The Kier molecular flexibility index (Phi) is 5.14. The zero-order valence-corrected chi connectivity index (χ0v) is 14.5. The van der Waals surface area contributed by atoms with Crippen LogP contribution in [0.2, 0.25) is 0 Å². The Hall–Kier alpha value is -1.95. The number of hydrogen-bond acceptors (Lipinski definition) is 4. The largest absolute Gasteiger partial charge is 0.349 e. The second kappa shape index (κ2) is 7.30. The van der Waals surface area contributed by atoms with Gasteiger partial charge in [-0.2, -0.15) is 0 Å². The van der Waals surface area contributed by atoms with Crippen LogP contribution < -0.4 is 11.1 Å². The average Bonchev–Trinajstić information content (AvgIpc) is 3.14. The lowest BCUT2D eigenvalue weighted by Crippen LogP contribution is -2.31. The van der Waals surface area contributed by atoms with E-state index in [1.807, 2.05) is 12.1 Å². The van der Waals surface area contributed by atoms with Crippen molar-refractivity contribution in [2.24, 2.45) is 17.6 Å². The monoisotopic (exact) mass is 329 g/mol. The van der Waals surface area contributed by atoms with Gasteiger partial charge in [0.25, 0.3) is 0 Å². The minimum atomic E-state index is 0.0478. The highest BCUT2D eigenvalue weighted by molar-refractivity contribution is 5.79. The van der Waals surface area contributed by atoms with Crippen LogP contribution in [-0.2, 0) is 17.9 Å². The van der Waals surface area contributed by atoms with Gasteiger partial charge < -0.3 is 15.6 Å². The number of aromatic nitrogens is 3. The van der Waals surface area contributed by atoms with E-state index in [0.717, 1.165) is 49.2 Å². The van der Waals surface area contributed by atoms with Gasteiger partial charge in [-0.25, -0.2) is 9.97 Å². The molecule has 130 valence electrons. The van der Waals surface area contributed by atoms with Crippen molar-refractivity contribution >= 4 is 17.1 Å². The molecule has 3 rings (SSSR count). The summed E-state index contributed by atoms with van der Waals surface area (Å²) in [6.07, 6.45) is 5.46. The van der Waals surface area contributed by atoms with E-state index in [9.17, 15) is 4.79 Å². The van der Waals surface area contributed by atoms with E-state index in [1.165, 1.54) is 0 Å². The van der Waals surface area contributed by atoms with E-state index in [0.29, 0.717) is 12.5 Å². The highest BCUT2D eigenvalue weighted by Gasteiger charge is 2.27. The Bertz CT molecular complexity index is 708. The van der Waals surface area contributed by atoms with Crippen LogP contribution in [0.5, 0.6) is 0 Å². The number of nitrogens with zero attached hydrogens (tertiary/aromatic N) is 3. The Labute approximate surface area is 142 Å². The lowest BCUT2D eigenvalue weighted by molar-refractivity contribution is -0.125. The number of fused-ring (bicyclic) bond motifs is 1. The first kappa shape index (κ1) is 16.9. The van der Waals surface area contributed by atoms with Gasteiger partial charge in [-0.05, 0) is 43.7 Å². The number of carbonyl (C=O) groups excluding carboxylic acids is 1. The van der Waals surface area contributed by atoms with Gasteiger partial charge in [0, 0.05) is 24.7 Å². The van der Waals surface area contributed by atoms with E-state index in [-0.39, 0.29) is 17.9 Å². The fourth-order valence-electron chi connectivity index (χ4n) is 3.33. The van der Waals surface area contributed by atoms with Gasteiger partial charge in [0.05, 0.1) is 6.54 Å². The molecule has 1 fully saturated rings. The Morgan fingerprint density at radius 1 is 1.46 bits per heavy atom. The van der Waals surface area contributed by atoms with E-state index in [4.69, 9.17) is 5.73 Å². The van der Waals surface area contributed by atoms with Crippen molar-refractivity contribution < 1.29 is 4.79 Å². The fourth-order valence-corrected chi connectivity index (χ4v) is 3.33. The highest BCUT2D eigenvalue weighted by atomic mass is 16.1. The molecule has 1 saturated carbocycles. The third-order valence-corrected chi connectivity index (χ3v) is 4.78. The van der Waals surface area contributed by atoms with Gasteiger partial charge in [-0.1, -0.05) is 13.8 Å². The van der Waals surface area contributed by atoms with Crippen LogP contribution in [0.15, 0.2) is 18.3 Å². The van der Waals surface area contributed by atoms with E-state index in [2.05, 4.69) is 33.7 Å². The molecular weight excluding hydrogens is 302 g/mol. The second-order valence-corrected chi connectivity index (χ2v) is 7.20. The van der Waals surface area contributed by atoms with E-state index >= 15 is 0 Å². The molecule has 2 aromatic heterocycles. The van der Waals surface area contributed by atoms with Crippen molar-refractivity contribution in [1.29, 1.82) is 0 Å². The van der Waals surface area contributed by atoms with Crippen LogP contribution in [0.25, 0.3) is 11.2 Å². The molecule has 1 amide bonds. The molecule has 0 radical (unpaired) electrons. The summed E-state index contributed by atoms with van der Waals surface area (Å²) in [6, 6.07) is 4.03. The molecule has 2 heterocycles. The minimum Gasteiger partial charge on any atom is -0.349 e. The van der Waals surface area contributed by atoms with Crippen LogP contribution in [0.1, 0.15) is 45.4 Å². The molecule has 2 atom stereocenters. The van der Waals surface area contributed by atoms with Crippen molar-refractivity contribution in [2.45, 2.75) is 58.7 Å². The summed E-state index contributed by atoms with van der Waals surface area (Å²) in [7, 11) is 0. The maximum atomic E-state index is 12.3. The van der Waals surface area contributed by atoms with Gasteiger partial charge in [-0.3, -0.25) is 4.79 Å². The van der Waals surface area contributed by atoms with Crippen LogP contribution in [-0.4, -0.2) is 26.5 Å². The molecule has 2 aromatic rings. The molecule has 0 aliphatic heterocycles. The molecule has 3 N–H and O–H groups in total. The molecule has 0 bridgehead atoms. The maximum Gasteiger partial charge on any atom is 0.223 e. The van der Waals surface area contributed by atoms with E-state index in [1.54, 1.807) is 6.20 Å². The normalized spacial score (nSPS) is 20.8. The highest BCUT2D eigenvalue weighted by Crippen LogP contribution is 2.24. The van der Waals surface area contributed by atoms with Crippen molar-refractivity contribution in [3.05, 3.63) is 24.2 Å². The smallest absolute Gasteiger partial charge is 0.223 e. The van der Waals surface area contributed by atoms with Gasteiger partial charge in [0.1, 0.15) is 11.3 Å². The molecule has 0 unspecified atom stereocenters. The number of nitrogens with one attached hydrogen (secondary N) is 1. The van der Waals surface area contributed by atoms with Gasteiger partial charge in [0.2, 0.25) is 5.91 Å². The molecule has 6 nitrogen and oxygen atoms in total. The minimum absolute atomic E-state index is 0.0478. The lowest BCUT2D eigenvalue weighted by atomic mass is 10.1. The lowest BCUT2D eigenvalue weighted by Gasteiger charge is -2.13. The fraction of sp³-hybridized carbons (Fsp3) is 0.611. The summed E-state index contributed by atoms with van der Waals surface area (Å²) in [5, 5.41) is 3.04. The second-order valence-electron chi connectivity index (χ2n) is 7.20. The summed E-state index contributed by atoms with van der Waals surface area (Å²) in [5.41, 5.74) is 7.68. The maximum absolute atomic E-state index is 12.3. The molecule has 0 saturated heterocycles. The summed E-state index contributed by atoms with van der Waals surface area (Å²) < 4.78 is 2.13. The number of pyridine rings is 1. The number of carbonyl (C=O) groups is 1. The standard InChI is InChI=1S/C18H27N5O/c1-12(2)7-9-23-16(22-15-4-3-8-20-17(15)23)11-21-18(24)13-5-6-14(19)10-13/h3-4,8,12-14H,5-7,9-11,19H2,1-2H3,(H,21,24)/t13-,14+/m1/s1.